The molecule has 1 aromatic carbocycles. The fraction of sp³-hybridized carbons (Fsp3) is 0.333. The molecular weight excluding hydrogens is 284 g/mol. The van der Waals surface area contributed by atoms with Crippen LogP contribution < -0.4 is 16.6 Å². The Kier molecular flexibility index (Phi) is 3.01. The standard InChI is InChI=1S/C15H16N4O3/c1-8-17-10-5-3-4-9(16)12(10)13(21)19(8)15(2)7-6-11(20)18-14(15)22/h3-5H,6-7,16H2,1-2H3,(H,18,20,22). The molecule has 7 nitrogen and oxygen atoms in total. The number of rotatable bonds is 1. The van der Waals surface area contributed by atoms with Crippen molar-refractivity contribution in [1.82, 2.24) is 14.9 Å². The number of imide groups is 1. The number of carbonyl (C=O) groups is 2. The minimum atomic E-state index is -1.15. The van der Waals surface area contributed by atoms with Crippen LogP contribution in [0.15, 0.2) is 23.0 Å². The van der Waals surface area contributed by atoms with Crippen LogP contribution in [0.25, 0.3) is 10.9 Å². The molecule has 2 aromatic rings. The van der Waals surface area contributed by atoms with E-state index in [4.69, 9.17) is 5.73 Å². The van der Waals surface area contributed by atoms with Crippen LogP contribution in [0.1, 0.15) is 25.6 Å². The zero-order valence-electron chi connectivity index (χ0n) is 12.3. The van der Waals surface area contributed by atoms with Crippen molar-refractivity contribution in [2.24, 2.45) is 0 Å². The third kappa shape index (κ3) is 1.89. The maximum absolute atomic E-state index is 12.9. The zero-order chi connectivity index (χ0) is 16.1. The predicted molar refractivity (Wildman–Crippen MR) is 81.2 cm³/mol. The smallest absolute Gasteiger partial charge is 0.264 e. The van der Waals surface area contributed by atoms with Crippen molar-refractivity contribution in [1.29, 1.82) is 0 Å². The summed E-state index contributed by atoms with van der Waals surface area (Å²) in [6, 6.07) is 5.05. The van der Waals surface area contributed by atoms with E-state index in [0.29, 0.717) is 22.4 Å². The molecule has 114 valence electrons. The topological polar surface area (TPSA) is 107 Å². The molecule has 1 aliphatic heterocycles. The summed E-state index contributed by atoms with van der Waals surface area (Å²) in [6.45, 7) is 3.30. The summed E-state index contributed by atoms with van der Waals surface area (Å²) >= 11 is 0. The molecular formula is C15H16N4O3. The average Bonchev–Trinajstić information content (AvgIpc) is 2.43. The molecule has 2 amide bonds. The van der Waals surface area contributed by atoms with E-state index in [1.54, 1.807) is 32.0 Å². The fourth-order valence-corrected chi connectivity index (χ4v) is 2.96. The van der Waals surface area contributed by atoms with Gasteiger partial charge >= 0.3 is 0 Å². The van der Waals surface area contributed by atoms with Gasteiger partial charge in [0.25, 0.3) is 11.5 Å². The Balaban J connectivity index is 2.32. The van der Waals surface area contributed by atoms with Crippen LogP contribution in [0.4, 0.5) is 5.69 Å². The molecule has 7 heteroatoms. The van der Waals surface area contributed by atoms with Gasteiger partial charge in [-0.25, -0.2) is 4.98 Å². The second kappa shape index (κ2) is 4.66. The van der Waals surface area contributed by atoms with Gasteiger partial charge in [-0.1, -0.05) is 6.07 Å². The Hall–Kier alpha value is -2.70. The molecule has 0 bridgehead atoms. The van der Waals surface area contributed by atoms with Crippen LogP contribution in [0.2, 0.25) is 0 Å². The van der Waals surface area contributed by atoms with E-state index in [-0.39, 0.29) is 24.3 Å². The molecule has 0 saturated carbocycles. The number of hydrogen-bond acceptors (Lipinski definition) is 5. The largest absolute Gasteiger partial charge is 0.398 e. The van der Waals surface area contributed by atoms with E-state index in [2.05, 4.69) is 10.3 Å². The van der Waals surface area contributed by atoms with Gasteiger partial charge in [0.05, 0.1) is 10.9 Å². The van der Waals surface area contributed by atoms with Crippen molar-refractivity contribution in [2.75, 3.05) is 5.73 Å². The number of piperidine rings is 1. The Labute approximate surface area is 126 Å². The Morgan fingerprint density at radius 3 is 2.73 bits per heavy atom. The summed E-state index contributed by atoms with van der Waals surface area (Å²) < 4.78 is 1.34. The van der Waals surface area contributed by atoms with Crippen LogP contribution in [-0.4, -0.2) is 21.4 Å². The van der Waals surface area contributed by atoms with Crippen molar-refractivity contribution < 1.29 is 9.59 Å². The molecule has 1 fully saturated rings. The minimum absolute atomic E-state index is 0.177. The van der Waals surface area contributed by atoms with E-state index in [1.807, 2.05) is 0 Å². The highest BCUT2D eigenvalue weighted by atomic mass is 16.2. The maximum atomic E-state index is 12.9. The van der Waals surface area contributed by atoms with Crippen LogP contribution in [-0.2, 0) is 15.1 Å². The molecule has 0 radical (unpaired) electrons. The number of anilines is 1. The second-order valence-corrected chi connectivity index (χ2v) is 5.69. The number of hydrogen-bond donors (Lipinski definition) is 2. The van der Waals surface area contributed by atoms with Gasteiger partial charge in [0, 0.05) is 12.1 Å². The average molecular weight is 300 g/mol. The summed E-state index contributed by atoms with van der Waals surface area (Å²) in [6.07, 6.45) is 0.425. The van der Waals surface area contributed by atoms with Gasteiger partial charge in [0.15, 0.2) is 0 Å². The molecule has 1 saturated heterocycles. The van der Waals surface area contributed by atoms with E-state index in [0.717, 1.165) is 0 Å². The van der Waals surface area contributed by atoms with Crippen LogP contribution >= 0.6 is 0 Å². The molecule has 22 heavy (non-hydrogen) atoms. The van der Waals surface area contributed by atoms with E-state index < -0.39 is 11.4 Å². The molecule has 1 aliphatic rings. The number of nitrogens with one attached hydrogen (secondary N) is 1. The normalized spacial score (nSPS) is 21.9. The highest BCUT2D eigenvalue weighted by Crippen LogP contribution is 2.27. The lowest BCUT2D eigenvalue weighted by Crippen LogP contribution is -2.56. The van der Waals surface area contributed by atoms with Gasteiger partial charge in [-0.15, -0.1) is 0 Å². The van der Waals surface area contributed by atoms with E-state index in [1.165, 1.54) is 4.57 Å². The number of nitrogen functional groups attached to an aromatic ring is 1. The van der Waals surface area contributed by atoms with Gasteiger partial charge < -0.3 is 5.73 Å². The lowest BCUT2D eigenvalue weighted by Gasteiger charge is -2.34. The summed E-state index contributed by atoms with van der Waals surface area (Å²) in [7, 11) is 0. The maximum Gasteiger partial charge on any atom is 0.264 e. The van der Waals surface area contributed by atoms with Crippen molar-refractivity contribution in [3.8, 4) is 0 Å². The van der Waals surface area contributed by atoms with Crippen LogP contribution in [0.5, 0.6) is 0 Å². The van der Waals surface area contributed by atoms with Gasteiger partial charge in [-0.05, 0) is 32.4 Å². The highest BCUT2D eigenvalue weighted by molar-refractivity contribution is 6.01. The molecule has 3 N–H and O–H groups in total. The third-order valence-corrected chi connectivity index (χ3v) is 4.17. The first kappa shape index (κ1) is 14.2. The summed E-state index contributed by atoms with van der Waals surface area (Å²) in [5, 5.41) is 2.58. The van der Waals surface area contributed by atoms with Crippen LogP contribution in [0, 0.1) is 6.92 Å². The number of aromatic nitrogens is 2. The zero-order valence-corrected chi connectivity index (χ0v) is 12.3. The predicted octanol–water partition coefficient (Wildman–Crippen LogP) is 0.439. The number of nitrogens with zero attached hydrogens (tertiary/aromatic N) is 2. The number of nitrogens with two attached hydrogens (primary N) is 1. The van der Waals surface area contributed by atoms with Gasteiger partial charge in [0.2, 0.25) is 5.91 Å². The quantitative estimate of drug-likeness (QED) is 0.587. The fourth-order valence-electron chi connectivity index (χ4n) is 2.96. The first-order valence-electron chi connectivity index (χ1n) is 6.97. The number of carbonyl (C=O) groups excluding carboxylic acids is 2. The van der Waals surface area contributed by atoms with Crippen LogP contribution in [0.3, 0.4) is 0 Å². The monoisotopic (exact) mass is 300 g/mol. The Morgan fingerprint density at radius 1 is 1.32 bits per heavy atom. The number of fused-ring (bicyclic) bond motifs is 1. The number of amides is 2. The van der Waals surface area contributed by atoms with Gasteiger partial charge in [0.1, 0.15) is 11.4 Å². The molecule has 0 aliphatic carbocycles. The third-order valence-electron chi connectivity index (χ3n) is 4.17. The van der Waals surface area contributed by atoms with Crippen molar-refractivity contribution in [2.45, 2.75) is 32.2 Å². The molecule has 1 unspecified atom stereocenters. The molecule has 0 spiro atoms. The summed E-state index contributed by atoms with van der Waals surface area (Å²) in [4.78, 5) is 40.9. The van der Waals surface area contributed by atoms with E-state index in [9.17, 15) is 14.4 Å². The summed E-state index contributed by atoms with van der Waals surface area (Å²) in [5.41, 5.74) is 5.19. The first-order chi connectivity index (χ1) is 10.3. The highest BCUT2D eigenvalue weighted by Gasteiger charge is 2.42. The molecule has 1 aromatic heterocycles. The summed E-state index contributed by atoms with van der Waals surface area (Å²) in [5.74, 6) is -0.416. The molecule has 1 atom stereocenters. The van der Waals surface area contributed by atoms with Crippen molar-refractivity contribution in [3.05, 3.63) is 34.4 Å². The van der Waals surface area contributed by atoms with Gasteiger partial charge in [-0.3, -0.25) is 24.3 Å². The number of aryl methyl sites for hydroxylation is 1. The second-order valence-electron chi connectivity index (χ2n) is 5.69. The van der Waals surface area contributed by atoms with Crippen molar-refractivity contribution in [3.63, 3.8) is 0 Å². The molecule has 2 heterocycles. The first-order valence-corrected chi connectivity index (χ1v) is 6.97. The number of benzene rings is 1. The minimum Gasteiger partial charge on any atom is -0.398 e. The molecule has 3 rings (SSSR count). The van der Waals surface area contributed by atoms with Gasteiger partial charge in [-0.2, -0.15) is 0 Å². The lowest BCUT2D eigenvalue weighted by atomic mass is 9.90. The van der Waals surface area contributed by atoms with E-state index >= 15 is 0 Å². The Bertz CT molecular complexity index is 871. The Morgan fingerprint density at radius 2 is 2.05 bits per heavy atom. The van der Waals surface area contributed by atoms with Crippen molar-refractivity contribution >= 4 is 28.4 Å². The SMILES string of the molecule is Cc1nc2cccc(N)c2c(=O)n1C1(C)CCC(=O)NC1=O. The lowest BCUT2D eigenvalue weighted by molar-refractivity contribution is -0.140.